The zero-order chi connectivity index (χ0) is 13.0. The number of halogens is 1. The second-order valence-electron chi connectivity index (χ2n) is 4.26. The van der Waals surface area contributed by atoms with Gasteiger partial charge in [-0.05, 0) is 43.7 Å². The Morgan fingerprint density at radius 1 is 1.39 bits per heavy atom. The minimum atomic E-state index is 0.737. The Morgan fingerprint density at radius 3 is 2.94 bits per heavy atom. The van der Waals surface area contributed by atoms with Crippen molar-refractivity contribution >= 4 is 11.6 Å². The smallest absolute Gasteiger partial charge is 0.0969 e. The molecule has 0 spiro atoms. The van der Waals surface area contributed by atoms with Crippen molar-refractivity contribution in [2.75, 3.05) is 6.54 Å². The van der Waals surface area contributed by atoms with E-state index >= 15 is 0 Å². The summed E-state index contributed by atoms with van der Waals surface area (Å²) in [6.45, 7) is 5.89. The van der Waals surface area contributed by atoms with Crippen molar-refractivity contribution < 1.29 is 0 Å². The Kier molecular flexibility index (Phi) is 4.33. The summed E-state index contributed by atoms with van der Waals surface area (Å²) in [5, 5.41) is 12.3. The van der Waals surface area contributed by atoms with Crippen molar-refractivity contribution in [3.05, 3.63) is 40.7 Å². The van der Waals surface area contributed by atoms with Crippen LogP contribution in [-0.2, 0) is 6.54 Å². The molecule has 0 aliphatic rings. The van der Waals surface area contributed by atoms with Gasteiger partial charge in [-0.1, -0.05) is 23.7 Å². The van der Waals surface area contributed by atoms with Crippen LogP contribution < -0.4 is 5.32 Å². The number of rotatable bonds is 5. The van der Waals surface area contributed by atoms with Gasteiger partial charge in [0.1, 0.15) is 0 Å². The lowest BCUT2D eigenvalue weighted by atomic mass is 10.2. The van der Waals surface area contributed by atoms with Gasteiger partial charge < -0.3 is 5.32 Å². The lowest BCUT2D eigenvalue weighted by Gasteiger charge is -2.04. The first-order valence-corrected chi connectivity index (χ1v) is 6.47. The average molecular weight is 265 g/mol. The van der Waals surface area contributed by atoms with Crippen LogP contribution in [0.5, 0.6) is 0 Å². The fourth-order valence-electron chi connectivity index (χ4n) is 1.77. The van der Waals surface area contributed by atoms with Crippen LogP contribution in [0.15, 0.2) is 24.4 Å². The molecule has 2 rings (SSSR count). The SMILES string of the molecule is CCCNCc1cn(-c2ccc(Cl)cc2C)nn1. The highest BCUT2D eigenvalue weighted by Crippen LogP contribution is 2.18. The molecule has 1 aromatic carbocycles. The van der Waals surface area contributed by atoms with E-state index in [-0.39, 0.29) is 0 Å². The zero-order valence-electron chi connectivity index (χ0n) is 10.7. The van der Waals surface area contributed by atoms with E-state index in [2.05, 4.69) is 22.6 Å². The number of hydrogen-bond donors (Lipinski definition) is 1. The van der Waals surface area contributed by atoms with Gasteiger partial charge in [0.25, 0.3) is 0 Å². The van der Waals surface area contributed by atoms with Crippen LogP contribution in [0.2, 0.25) is 5.02 Å². The van der Waals surface area contributed by atoms with Gasteiger partial charge in [0.2, 0.25) is 0 Å². The minimum absolute atomic E-state index is 0.737. The molecule has 18 heavy (non-hydrogen) atoms. The van der Waals surface area contributed by atoms with Crippen molar-refractivity contribution in [3.63, 3.8) is 0 Å². The Balaban J connectivity index is 2.13. The first-order chi connectivity index (χ1) is 8.70. The summed E-state index contributed by atoms with van der Waals surface area (Å²) >= 11 is 5.94. The van der Waals surface area contributed by atoms with Gasteiger partial charge in [-0.2, -0.15) is 0 Å². The van der Waals surface area contributed by atoms with E-state index in [1.807, 2.05) is 31.3 Å². The number of benzene rings is 1. The number of aryl methyl sites for hydroxylation is 1. The van der Waals surface area contributed by atoms with Gasteiger partial charge in [-0.25, -0.2) is 4.68 Å². The van der Waals surface area contributed by atoms with E-state index in [0.29, 0.717) is 0 Å². The molecule has 5 heteroatoms. The van der Waals surface area contributed by atoms with Crippen molar-refractivity contribution in [1.82, 2.24) is 20.3 Å². The molecule has 0 atom stereocenters. The predicted molar refractivity (Wildman–Crippen MR) is 73.1 cm³/mol. The van der Waals surface area contributed by atoms with Crippen molar-refractivity contribution in [2.45, 2.75) is 26.8 Å². The molecule has 2 aromatic rings. The summed E-state index contributed by atoms with van der Waals surface area (Å²) in [7, 11) is 0. The number of hydrogen-bond acceptors (Lipinski definition) is 3. The van der Waals surface area contributed by atoms with Gasteiger partial charge in [-0.15, -0.1) is 5.10 Å². The van der Waals surface area contributed by atoms with Crippen LogP contribution >= 0.6 is 11.6 Å². The van der Waals surface area contributed by atoms with Crippen LogP contribution in [-0.4, -0.2) is 21.5 Å². The van der Waals surface area contributed by atoms with Crippen LogP contribution in [0.4, 0.5) is 0 Å². The monoisotopic (exact) mass is 264 g/mol. The van der Waals surface area contributed by atoms with E-state index in [1.54, 1.807) is 4.68 Å². The third kappa shape index (κ3) is 3.09. The largest absolute Gasteiger partial charge is 0.311 e. The topological polar surface area (TPSA) is 42.7 Å². The molecule has 0 radical (unpaired) electrons. The summed E-state index contributed by atoms with van der Waals surface area (Å²) in [4.78, 5) is 0. The van der Waals surface area contributed by atoms with Gasteiger partial charge in [0.05, 0.1) is 17.6 Å². The molecule has 4 nitrogen and oxygen atoms in total. The number of nitrogens with zero attached hydrogens (tertiary/aromatic N) is 3. The third-order valence-corrected chi connectivity index (χ3v) is 2.91. The Hall–Kier alpha value is -1.39. The second kappa shape index (κ2) is 5.98. The van der Waals surface area contributed by atoms with E-state index < -0.39 is 0 Å². The lowest BCUT2D eigenvalue weighted by Crippen LogP contribution is -2.13. The highest BCUT2D eigenvalue weighted by molar-refractivity contribution is 6.30. The molecule has 1 N–H and O–H groups in total. The fraction of sp³-hybridized carbons (Fsp3) is 0.385. The highest BCUT2D eigenvalue weighted by Gasteiger charge is 2.05. The average Bonchev–Trinajstić information content (AvgIpc) is 2.78. The standard InChI is InChI=1S/C13H17ClN4/c1-3-6-15-8-12-9-18(17-16-12)13-5-4-11(14)7-10(13)2/h4-5,7,9,15H,3,6,8H2,1-2H3. The second-order valence-corrected chi connectivity index (χ2v) is 4.70. The summed E-state index contributed by atoms with van der Waals surface area (Å²) in [6.07, 6.45) is 3.06. The van der Waals surface area contributed by atoms with Crippen LogP contribution in [0.3, 0.4) is 0 Å². The first-order valence-electron chi connectivity index (χ1n) is 6.09. The van der Waals surface area contributed by atoms with Crippen LogP contribution in [0.25, 0.3) is 5.69 Å². The highest BCUT2D eigenvalue weighted by atomic mass is 35.5. The maximum atomic E-state index is 5.94. The summed E-state index contributed by atoms with van der Waals surface area (Å²) in [5.41, 5.74) is 3.03. The van der Waals surface area contributed by atoms with Crippen molar-refractivity contribution in [3.8, 4) is 5.69 Å². The van der Waals surface area contributed by atoms with E-state index in [4.69, 9.17) is 11.6 Å². The van der Waals surface area contributed by atoms with Gasteiger partial charge in [-0.3, -0.25) is 0 Å². The number of nitrogens with one attached hydrogen (secondary N) is 1. The normalized spacial score (nSPS) is 10.8. The van der Waals surface area contributed by atoms with Gasteiger partial charge in [0.15, 0.2) is 0 Å². The molecule has 1 aromatic heterocycles. The molecular formula is C13H17ClN4. The summed E-state index contributed by atoms with van der Waals surface area (Å²) in [5.74, 6) is 0. The van der Waals surface area contributed by atoms with E-state index in [1.165, 1.54) is 0 Å². The number of aromatic nitrogens is 3. The Labute approximate surface area is 112 Å². The third-order valence-electron chi connectivity index (χ3n) is 2.68. The molecule has 0 amide bonds. The zero-order valence-corrected chi connectivity index (χ0v) is 11.4. The molecule has 96 valence electrons. The summed E-state index contributed by atoms with van der Waals surface area (Å²) < 4.78 is 1.79. The van der Waals surface area contributed by atoms with Gasteiger partial charge >= 0.3 is 0 Å². The maximum Gasteiger partial charge on any atom is 0.0969 e. The van der Waals surface area contributed by atoms with Crippen LogP contribution in [0, 0.1) is 6.92 Å². The minimum Gasteiger partial charge on any atom is -0.311 e. The predicted octanol–water partition coefficient (Wildman–Crippen LogP) is 2.73. The van der Waals surface area contributed by atoms with Crippen molar-refractivity contribution in [1.29, 1.82) is 0 Å². The first kappa shape index (κ1) is 13.1. The van der Waals surface area contributed by atoms with Crippen molar-refractivity contribution in [2.24, 2.45) is 0 Å². The quantitative estimate of drug-likeness (QED) is 0.845. The molecule has 0 unspecified atom stereocenters. The summed E-state index contributed by atoms with van der Waals surface area (Å²) in [6, 6.07) is 5.74. The Bertz CT molecular complexity index is 521. The Morgan fingerprint density at radius 2 is 2.22 bits per heavy atom. The molecule has 0 saturated heterocycles. The fourth-order valence-corrected chi connectivity index (χ4v) is 1.99. The molecule has 1 heterocycles. The molecule has 0 bridgehead atoms. The molecule has 0 fully saturated rings. The molecule has 0 saturated carbocycles. The van der Waals surface area contributed by atoms with E-state index in [0.717, 1.165) is 41.5 Å². The maximum absolute atomic E-state index is 5.94. The lowest BCUT2D eigenvalue weighted by molar-refractivity contribution is 0.662. The molecular weight excluding hydrogens is 248 g/mol. The van der Waals surface area contributed by atoms with E-state index in [9.17, 15) is 0 Å². The molecule has 0 aliphatic heterocycles. The molecule has 0 aliphatic carbocycles. The van der Waals surface area contributed by atoms with Gasteiger partial charge in [0, 0.05) is 11.6 Å². The van der Waals surface area contributed by atoms with Crippen LogP contribution in [0.1, 0.15) is 24.6 Å².